The van der Waals surface area contributed by atoms with E-state index in [4.69, 9.17) is 43.2 Å². The summed E-state index contributed by atoms with van der Waals surface area (Å²) >= 11 is 12.1. The second-order valence-corrected chi connectivity index (χ2v) is 6.90. The zero-order valence-corrected chi connectivity index (χ0v) is 16.3. The van der Waals surface area contributed by atoms with E-state index in [0.29, 0.717) is 16.2 Å². The van der Waals surface area contributed by atoms with Crippen molar-refractivity contribution in [1.29, 1.82) is 0 Å². The number of carbonyl (C=O) groups excluding carboxylic acids is 2. The van der Waals surface area contributed by atoms with Gasteiger partial charge in [0.15, 0.2) is 5.76 Å². The Balaban J connectivity index is 2.06. The summed E-state index contributed by atoms with van der Waals surface area (Å²) in [4.78, 5) is 24.5. The topological polar surface area (TPSA) is 135 Å². The number of anilines is 1. The maximum Gasteiger partial charge on any atom is 0.316 e. The number of benzene rings is 2. The molecule has 0 fully saturated rings. The van der Waals surface area contributed by atoms with Gasteiger partial charge in [0.25, 0.3) is 0 Å². The van der Waals surface area contributed by atoms with Gasteiger partial charge >= 0.3 is 6.03 Å². The number of aliphatic hydroxyl groups excluding tert-OH is 2. The zero-order valence-electron chi connectivity index (χ0n) is 14.8. The fourth-order valence-corrected chi connectivity index (χ4v) is 2.99. The quantitative estimate of drug-likeness (QED) is 0.418. The second-order valence-electron chi connectivity index (χ2n) is 6.05. The van der Waals surface area contributed by atoms with Crippen molar-refractivity contribution >= 4 is 51.7 Å². The maximum atomic E-state index is 13.0. The molecule has 0 aliphatic heterocycles. The number of nitrogens with two attached hydrogens (primary N) is 1. The Morgan fingerprint density at radius 2 is 1.97 bits per heavy atom. The minimum Gasteiger partial charge on any atom is -0.491 e. The molecule has 2 amide bonds. The number of ketones is 1. The van der Waals surface area contributed by atoms with Crippen LogP contribution in [0.5, 0.6) is 5.75 Å². The predicted octanol–water partition coefficient (Wildman–Crippen LogP) is 3.19. The second kappa shape index (κ2) is 8.71. The van der Waals surface area contributed by atoms with Gasteiger partial charge in [-0.3, -0.25) is 4.79 Å². The Kier molecular flexibility index (Phi) is 6.29. The summed E-state index contributed by atoms with van der Waals surface area (Å²) in [5, 5.41) is 21.5. The van der Waals surface area contributed by atoms with Gasteiger partial charge in [0.2, 0.25) is 5.78 Å². The summed E-state index contributed by atoms with van der Waals surface area (Å²) in [6.45, 7) is -0.590. The molecule has 3 aromatic rings. The number of carbonyl (C=O) groups is 2. The van der Waals surface area contributed by atoms with Crippen LogP contribution in [0.4, 0.5) is 10.5 Å². The van der Waals surface area contributed by atoms with Gasteiger partial charge in [-0.2, -0.15) is 0 Å². The van der Waals surface area contributed by atoms with Crippen LogP contribution in [-0.4, -0.2) is 41.3 Å². The minimum absolute atomic E-state index is 0.0792. The molecule has 0 radical (unpaired) electrons. The van der Waals surface area contributed by atoms with Crippen LogP contribution in [0.15, 0.2) is 40.8 Å². The monoisotopic (exact) mass is 438 g/mol. The molecule has 5 N–H and O–H groups in total. The first-order valence-corrected chi connectivity index (χ1v) is 9.10. The average molecular weight is 439 g/mol. The van der Waals surface area contributed by atoms with E-state index in [0.717, 1.165) is 0 Å². The fourth-order valence-electron chi connectivity index (χ4n) is 2.61. The van der Waals surface area contributed by atoms with E-state index >= 15 is 0 Å². The van der Waals surface area contributed by atoms with Crippen molar-refractivity contribution in [2.75, 3.05) is 18.5 Å². The van der Waals surface area contributed by atoms with Crippen LogP contribution in [-0.2, 0) is 0 Å². The molecular weight excluding hydrogens is 423 g/mol. The van der Waals surface area contributed by atoms with Crippen molar-refractivity contribution in [2.45, 2.75) is 6.10 Å². The van der Waals surface area contributed by atoms with Crippen molar-refractivity contribution in [2.24, 2.45) is 5.73 Å². The first-order chi connectivity index (χ1) is 13.8. The van der Waals surface area contributed by atoms with Crippen LogP contribution in [0.1, 0.15) is 16.1 Å². The lowest BCUT2D eigenvalue weighted by atomic mass is 10.1. The lowest BCUT2D eigenvalue weighted by Crippen LogP contribution is -2.21. The van der Waals surface area contributed by atoms with Crippen molar-refractivity contribution in [3.05, 3.63) is 57.8 Å². The maximum absolute atomic E-state index is 13.0. The first-order valence-electron chi connectivity index (χ1n) is 8.34. The number of rotatable bonds is 7. The molecule has 152 valence electrons. The molecule has 1 heterocycles. The number of aliphatic hydroxyl groups is 2. The number of ether oxygens (including phenoxy) is 1. The highest BCUT2D eigenvalue weighted by molar-refractivity contribution is 6.37. The lowest BCUT2D eigenvalue weighted by Gasteiger charge is -2.09. The van der Waals surface area contributed by atoms with Gasteiger partial charge in [0.1, 0.15) is 29.7 Å². The smallest absolute Gasteiger partial charge is 0.316 e. The molecule has 8 nitrogen and oxygen atoms in total. The molecule has 1 aromatic heterocycles. The highest BCUT2D eigenvalue weighted by atomic mass is 35.5. The van der Waals surface area contributed by atoms with Gasteiger partial charge < -0.3 is 30.4 Å². The van der Waals surface area contributed by atoms with Gasteiger partial charge in [0.05, 0.1) is 11.6 Å². The molecule has 10 heteroatoms. The predicted molar refractivity (Wildman–Crippen MR) is 108 cm³/mol. The normalized spacial score (nSPS) is 12.0. The lowest BCUT2D eigenvalue weighted by molar-refractivity contribution is 0.0536. The summed E-state index contributed by atoms with van der Waals surface area (Å²) in [6, 6.07) is 8.09. The average Bonchev–Trinajstić information content (AvgIpc) is 3.04. The van der Waals surface area contributed by atoms with Crippen molar-refractivity contribution < 1.29 is 29.0 Å². The van der Waals surface area contributed by atoms with E-state index in [2.05, 4.69) is 5.32 Å². The minimum atomic E-state index is -1.04. The van der Waals surface area contributed by atoms with Crippen LogP contribution in [0.2, 0.25) is 10.0 Å². The molecule has 3 rings (SSSR count). The molecule has 0 saturated heterocycles. The number of hydrogen-bond donors (Lipinski definition) is 4. The summed E-state index contributed by atoms with van der Waals surface area (Å²) < 4.78 is 11.0. The zero-order chi connectivity index (χ0) is 21.1. The third-order valence-electron chi connectivity index (χ3n) is 3.94. The highest BCUT2D eigenvalue weighted by Gasteiger charge is 2.25. The number of fused-ring (bicyclic) bond motifs is 1. The summed E-state index contributed by atoms with van der Waals surface area (Å²) in [5.74, 6) is -0.463. The number of nitrogens with one attached hydrogen (secondary N) is 1. The SMILES string of the molecule is NC(=O)Nc1c(C(=O)c2cc(Cl)ccc2Cl)oc2cc(OCC(O)CO)ccc12. The van der Waals surface area contributed by atoms with E-state index in [1.807, 2.05) is 0 Å². The number of amides is 2. The Hall–Kier alpha value is -2.78. The third-order valence-corrected chi connectivity index (χ3v) is 4.51. The van der Waals surface area contributed by atoms with E-state index in [1.54, 1.807) is 12.1 Å². The fraction of sp³-hybridized carbons (Fsp3) is 0.158. The van der Waals surface area contributed by atoms with Crippen molar-refractivity contribution in [3.63, 3.8) is 0 Å². The number of urea groups is 1. The Labute approximate surface area is 174 Å². The molecule has 0 aliphatic carbocycles. The molecule has 0 bridgehead atoms. The number of halogens is 2. The van der Waals surface area contributed by atoms with Gasteiger partial charge in [-0.25, -0.2) is 4.79 Å². The van der Waals surface area contributed by atoms with E-state index < -0.39 is 24.5 Å². The number of furan rings is 1. The Bertz CT molecular complexity index is 1080. The summed E-state index contributed by atoms with van der Waals surface area (Å²) in [7, 11) is 0. The summed E-state index contributed by atoms with van der Waals surface area (Å²) in [5.41, 5.74) is 5.63. The van der Waals surface area contributed by atoms with Crippen LogP contribution in [0, 0.1) is 0 Å². The molecule has 1 atom stereocenters. The molecular formula is C19H16Cl2N2O6. The molecule has 0 saturated carbocycles. The summed E-state index contributed by atoms with van der Waals surface area (Å²) in [6.07, 6.45) is -1.04. The van der Waals surface area contributed by atoms with Crippen molar-refractivity contribution in [1.82, 2.24) is 0 Å². The van der Waals surface area contributed by atoms with Crippen LogP contribution in [0.3, 0.4) is 0 Å². The van der Waals surface area contributed by atoms with E-state index in [-0.39, 0.29) is 34.2 Å². The Morgan fingerprint density at radius 3 is 2.66 bits per heavy atom. The highest BCUT2D eigenvalue weighted by Crippen LogP contribution is 2.36. The van der Waals surface area contributed by atoms with Crippen LogP contribution in [0.25, 0.3) is 11.0 Å². The van der Waals surface area contributed by atoms with Gasteiger partial charge in [0, 0.05) is 22.0 Å². The molecule has 0 aliphatic rings. The molecule has 29 heavy (non-hydrogen) atoms. The van der Waals surface area contributed by atoms with Gasteiger partial charge in [-0.15, -0.1) is 0 Å². The number of hydrogen-bond acceptors (Lipinski definition) is 6. The van der Waals surface area contributed by atoms with E-state index in [1.165, 1.54) is 24.3 Å². The van der Waals surface area contributed by atoms with Crippen LogP contribution >= 0.6 is 23.2 Å². The van der Waals surface area contributed by atoms with Gasteiger partial charge in [-0.05, 0) is 30.3 Å². The molecule has 2 aromatic carbocycles. The molecule has 1 unspecified atom stereocenters. The number of primary amides is 1. The van der Waals surface area contributed by atoms with E-state index in [9.17, 15) is 14.7 Å². The Morgan fingerprint density at radius 1 is 1.21 bits per heavy atom. The third kappa shape index (κ3) is 4.63. The first kappa shape index (κ1) is 20.9. The van der Waals surface area contributed by atoms with Crippen LogP contribution < -0.4 is 15.8 Å². The van der Waals surface area contributed by atoms with Gasteiger partial charge in [-0.1, -0.05) is 23.2 Å². The standard InChI is InChI=1S/C19H16Cl2N2O6/c20-9-1-4-14(21)13(5-9)17(26)18-16(23-19(22)27)12-3-2-11(6-15(12)29-18)28-8-10(25)7-24/h1-6,10,24-25H,7-8H2,(H3,22,23,27). The largest absolute Gasteiger partial charge is 0.491 e. The van der Waals surface area contributed by atoms with Crippen molar-refractivity contribution in [3.8, 4) is 5.75 Å². The molecule has 0 spiro atoms.